The van der Waals surface area contributed by atoms with Crippen LogP contribution in [0, 0.1) is 6.92 Å². The van der Waals surface area contributed by atoms with Gasteiger partial charge in [0.15, 0.2) is 0 Å². The van der Waals surface area contributed by atoms with E-state index in [9.17, 15) is 14.4 Å². The van der Waals surface area contributed by atoms with Gasteiger partial charge in [0.05, 0.1) is 12.5 Å². The maximum Gasteiger partial charge on any atom is 0.333 e. The van der Waals surface area contributed by atoms with Crippen LogP contribution in [-0.4, -0.2) is 34.5 Å². The molecule has 2 rings (SSSR count). The number of nitrogens with zero attached hydrogens (tertiary/aromatic N) is 1. The van der Waals surface area contributed by atoms with Gasteiger partial charge in [-0.2, -0.15) is 0 Å². The Balaban J connectivity index is 1.65. The van der Waals surface area contributed by atoms with Crippen molar-refractivity contribution < 1.29 is 19.5 Å². The molecule has 1 aromatic heterocycles. The number of amides is 3. The molecule has 1 atom stereocenters. The average Bonchev–Trinajstić information content (AvgIpc) is 2.72. The van der Waals surface area contributed by atoms with E-state index < -0.39 is 18.0 Å². The number of aliphatic carboxylic acids is 1. The first-order chi connectivity index (χ1) is 14.4. The van der Waals surface area contributed by atoms with E-state index >= 15 is 0 Å². The van der Waals surface area contributed by atoms with E-state index in [-0.39, 0.29) is 18.7 Å². The van der Waals surface area contributed by atoms with Gasteiger partial charge < -0.3 is 15.7 Å². The molecule has 1 aromatic carbocycles. The predicted molar refractivity (Wildman–Crippen MR) is 113 cm³/mol. The molecule has 3 amide bonds. The Morgan fingerprint density at radius 3 is 2.53 bits per heavy atom. The third-order valence-corrected chi connectivity index (χ3v) is 4.25. The smallest absolute Gasteiger partial charge is 0.333 e. The van der Waals surface area contributed by atoms with Crippen molar-refractivity contribution in [2.75, 3.05) is 11.9 Å². The molecule has 0 bridgehead atoms. The summed E-state index contributed by atoms with van der Waals surface area (Å²) in [5, 5.41) is 14.8. The normalized spacial score (nSPS) is 11.2. The van der Waals surface area contributed by atoms with Gasteiger partial charge in [-0.05, 0) is 43.0 Å². The molecule has 9 nitrogen and oxygen atoms in total. The number of urea groups is 1. The number of carboxylic acids is 1. The number of rotatable bonds is 10. The highest BCUT2D eigenvalue weighted by atomic mass is 16.4. The van der Waals surface area contributed by atoms with Crippen LogP contribution in [0.5, 0.6) is 0 Å². The molecule has 160 valence electrons. The van der Waals surface area contributed by atoms with Crippen LogP contribution >= 0.6 is 0 Å². The number of hydrogen-bond acceptors (Lipinski definition) is 5. The first-order valence-corrected chi connectivity index (χ1v) is 9.72. The molecular formula is C21H27N5O4. The minimum atomic E-state index is -1.04. The van der Waals surface area contributed by atoms with Gasteiger partial charge in [0, 0.05) is 19.2 Å². The number of aryl methyl sites for hydroxylation is 1. The van der Waals surface area contributed by atoms with Crippen molar-refractivity contribution in [1.29, 1.82) is 0 Å². The number of carboxylic acid groups (broad SMARTS) is 1. The minimum absolute atomic E-state index is 0.250. The van der Waals surface area contributed by atoms with Crippen molar-refractivity contribution in [1.82, 2.24) is 21.2 Å². The zero-order chi connectivity index (χ0) is 21.8. The molecule has 0 aliphatic heterocycles. The van der Waals surface area contributed by atoms with Crippen LogP contribution in [-0.2, 0) is 9.59 Å². The van der Waals surface area contributed by atoms with Crippen molar-refractivity contribution in [3.63, 3.8) is 0 Å². The maximum atomic E-state index is 12.0. The third kappa shape index (κ3) is 8.59. The Labute approximate surface area is 175 Å². The number of hydrazine groups is 1. The van der Waals surface area contributed by atoms with Crippen molar-refractivity contribution in [3.05, 3.63) is 59.8 Å². The summed E-state index contributed by atoms with van der Waals surface area (Å²) in [6.07, 6.45) is 3.12. The molecule has 9 heteroatoms. The molecule has 0 radical (unpaired) electrons. The van der Waals surface area contributed by atoms with Crippen LogP contribution in [0.3, 0.4) is 0 Å². The molecule has 2 aromatic rings. The van der Waals surface area contributed by atoms with Crippen LogP contribution < -0.4 is 21.5 Å². The molecular weight excluding hydrogens is 386 g/mol. The number of aromatic nitrogens is 1. The molecule has 0 fully saturated rings. The summed E-state index contributed by atoms with van der Waals surface area (Å²) >= 11 is 0. The predicted octanol–water partition coefficient (Wildman–Crippen LogP) is 2.52. The van der Waals surface area contributed by atoms with Crippen molar-refractivity contribution in [2.24, 2.45) is 0 Å². The van der Waals surface area contributed by atoms with E-state index in [1.165, 1.54) is 0 Å². The molecule has 1 unspecified atom stereocenters. The van der Waals surface area contributed by atoms with Gasteiger partial charge in [-0.25, -0.2) is 15.2 Å². The highest BCUT2D eigenvalue weighted by molar-refractivity contribution is 5.81. The lowest BCUT2D eigenvalue weighted by Gasteiger charge is -2.18. The van der Waals surface area contributed by atoms with Crippen LogP contribution in [0.15, 0.2) is 48.7 Å². The van der Waals surface area contributed by atoms with Crippen molar-refractivity contribution >= 4 is 23.7 Å². The van der Waals surface area contributed by atoms with Gasteiger partial charge in [-0.15, -0.1) is 0 Å². The first-order valence-electron chi connectivity index (χ1n) is 9.72. The van der Waals surface area contributed by atoms with Gasteiger partial charge in [0.2, 0.25) is 5.91 Å². The fraction of sp³-hybridized carbons (Fsp3) is 0.333. The second-order valence-electron chi connectivity index (χ2n) is 6.81. The van der Waals surface area contributed by atoms with Crippen molar-refractivity contribution in [3.8, 4) is 0 Å². The lowest BCUT2D eigenvalue weighted by atomic mass is 10.0. The number of carbonyl (C=O) groups excluding carboxylic acids is 2. The topological polar surface area (TPSA) is 132 Å². The number of unbranched alkanes of at least 4 members (excludes halogenated alkanes) is 1. The number of carbonyl (C=O) groups is 3. The summed E-state index contributed by atoms with van der Waals surface area (Å²) in [5.74, 6) is -0.567. The molecule has 0 saturated carbocycles. The largest absolute Gasteiger partial charge is 0.481 e. The van der Waals surface area contributed by atoms with E-state index in [4.69, 9.17) is 5.11 Å². The maximum absolute atomic E-state index is 12.0. The lowest BCUT2D eigenvalue weighted by molar-refractivity contribution is -0.137. The third-order valence-electron chi connectivity index (χ3n) is 4.25. The van der Waals surface area contributed by atoms with Gasteiger partial charge in [0.1, 0.15) is 5.82 Å². The lowest BCUT2D eigenvalue weighted by Crippen LogP contribution is -2.48. The summed E-state index contributed by atoms with van der Waals surface area (Å²) in [5.41, 5.74) is 6.37. The number of pyridine rings is 1. The molecule has 0 aliphatic carbocycles. The Morgan fingerprint density at radius 1 is 1.07 bits per heavy atom. The first kappa shape index (κ1) is 22.7. The fourth-order valence-electron chi connectivity index (χ4n) is 2.76. The second kappa shape index (κ2) is 12.1. The van der Waals surface area contributed by atoms with Crippen LogP contribution in [0.1, 0.15) is 42.9 Å². The molecule has 0 saturated heterocycles. The summed E-state index contributed by atoms with van der Waals surface area (Å²) < 4.78 is 0. The SMILES string of the molecule is Cc1ccnc(NCCCCC(=O)NNC(=O)NC(CC(=O)O)c2ccccc2)c1. The van der Waals surface area contributed by atoms with E-state index in [2.05, 4.69) is 26.5 Å². The van der Waals surface area contributed by atoms with Crippen molar-refractivity contribution in [2.45, 2.75) is 38.6 Å². The standard InChI is InChI=1S/C21H27N5O4/c1-15-10-12-23-18(13-15)22-11-6-5-9-19(27)25-26-21(30)24-17(14-20(28)29)16-7-3-2-4-8-16/h2-4,7-8,10,12-13,17H,5-6,9,11,14H2,1H3,(H,22,23)(H,25,27)(H,28,29)(H2,24,26,30). The zero-order valence-corrected chi connectivity index (χ0v) is 16.9. The molecule has 1 heterocycles. The van der Waals surface area contributed by atoms with Gasteiger partial charge >= 0.3 is 12.0 Å². The highest BCUT2D eigenvalue weighted by Gasteiger charge is 2.18. The monoisotopic (exact) mass is 413 g/mol. The summed E-state index contributed by atoms with van der Waals surface area (Å²) in [4.78, 5) is 39.2. The Morgan fingerprint density at radius 2 is 1.83 bits per heavy atom. The number of anilines is 1. The van der Waals surface area contributed by atoms with Gasteiger partial charge in [-0.3, -0.25) is 15.0 Å². The Hall–Kier alpha value is -3.62. The molecule has 5 N–H and O–H groups in total. The van der Waals surface area contributed by atoms with Crippen LogP contribution in [0.25, 0.3) is 0 Å². The summed E-state index contributed by atoms with van der Waals surface area (Å²) in [6, 6.07) is 11.3. The van der Waals surface area contributed by atoms with E-state index in [1.807, 2.05) is 19.1 Å². The molecule has 30 heavy (non-hydrogen) atoms. The average molecular weight is 413 g/mol. The molecule has 0 aliphatic rings. The Bertz CT molecular complexity index is 844. The quantitative estimate of drug-likeness (QED) is 0.300. The van der Waals surface area contributed by atoms with E-state index in [0.29, 0.717) is 18.5 Å². The summed E-state index contributed by atoms with van der Waals surface area (Å²) in [7, 11) is 0. The van der Waals surface area contributed by atoms with E-state index in [1.54, 1.807) is 36.5 Å². The number of hydrogen-bond donors (Lipinski definition) is 5. The second-order valence-corrected chi connectivity index (χ2v) is 6.81. The minimum Gasteiger partial charge on any atom is -0.481 e. The van der Waals surface area contributed by atoms with E-state index in [0.717, 1.165) is 17.8 Å². The van der Waals surface area contributed by atoms with Crippen LogP contribution in [0.2, 0.25) is 0 Å². The van der Waals surface area contributed by atoms with Gasteiger partial charge in [0.25, 0.3) is 0 Å². The Kier molecular flexibility index (Phi) is 9.11. The number of benzene rings is 1. The van der Waals surface area contributed by atoms with Gasteiger partial charge in [-0.1, -0.05) is 30.3 Å². The zero-order valence-electron chi connectivity index (χ0n) is 16.9. The fourth-order valence-corrected chi connectivity index (χ4v) is 2.76. The molecule has 0 spiro atoms. The summed E-state index contributed by atoms with van der Waals surface area (Å²) in [6.45, 7) is 2.68. The number of nitrogens with one attached hydrogen (secondary N) is 4. The van der Waals surface area contributed by atoms with Crippen LogP contribution in [0.4, 0.5) is 10.6 Å². The highest BCUT2D eigenvalue weighted by Crippen LogP contribution is 2.16.